The van der Waals surface area contributed by atoms with Gasteiger partial charge in [0, 0.05) is 0 Å². The van der Waals surface area contributed by atoms with Crippen LogP contribution < -0.4 is 0 Å². The molecule has 2 unspecified atom stereocenters. The van der Waals surface area contributed by atoms with Crippen molar-refractivity contribution in [1.82, 2.24) is 0 Å². The Hall–Kier alpha value is -1.90. The lowest BCUT2D eigenvalue weighted by Crippen LogP contribution is -2.21. The van der Waals surface area contributed by atoms with Crippen LogP contribution in [-0.2, 0) is 0 Å². The van der Waals surface area contributed by atoms with Crippen molar-refractivity contribution in [3.63, 3.8) is 0 Å². The van der Waals surface area contributed by atoms with E-state index in [1.807, 2.05) is 48.6 Å². The van der Waals surface area contributed by atoms with Gasteiger partial charge in [-0.15, -0.1) is 0 Å². The first-order valence-corrected chi connectivity index (χ1v) is 5.85. The van der Waals surface area contributed by atoms with Gasteiger partial charge in [-0.2, -0.15) is 0 Å². The van der Waals surface area contributed by atoms with Crippen LogP contribution in [0.5, 0.6) is 0 Å². The fourth-order valence-corrected chi connectivity index (χ4v) is 1.23. The van der Waals surface area contributed by atoms with Crippen LogP contribution in [0.3, 0.4) is 0 Å². The monoisotopic (exact) mass is 242 g/mol. The summed E-state index contributed by atoms with van der Waals surface area (Å²) < 4.78 is 0. The first-order valence-electron chi connectivity index (χ1n) is 5.85. The summed E-state index contributed by atoms with van der Waals surface area (Å²) in [5.41, 5.74) is 0. The Morgan fingerprint density at radius 2 is 0.611 bits per heavy atom. The molecule has 0 aliphatic heterocycles. The van der Waals surface area contributed by atoms with Crippen molar-refractivity contribution >= 4 is 0 Å². The third-order valence-corrected chi connectivity index (χ3v) is 2.19. The molecule has 0 amide bonds. The van der Waals surface area contributed by atoms with E-state index in [1.165, 1.54) is 0 Å². The average molecular weight is 242 g/mol. The van der Waals surface area contributed by atoms with Gasteiger partial charge in [0.2, 0.25) is 0 Å². The lowest BCUT2D eigenvalue weighted by atomic mass is 10.1. The molecule has 0 saturated heterocycles. The molecule has 2 nitrogen and oxygen atoms in total. The zero-order valence-electron chi connectivity index (χ0n) is 10.1. The van der Waals surface area contributed by atoms with E-state index in [9.17, 15) is 0 Å². The number of aliphatic hydroxyl groups is 2. The lowest BCUT2D eigenvalue weighted by Gasteiger charge is -2.09. The van der Waals surface area contributed by atoms with E-state index in [2.05, 4.69) is 0 Å². The Kier molecular flexibility index (Phi) is 7.21. The van der Waals surface area contributed by atoms with Gasteiger partial charge in [0.1, 0.15) is 12.2 Å². The van der Waals surface area contributed by atoms with Crippen molar-refractivity contribution in [3.05, 3.63) is 85.1 Å². The maximum absolute atomic E-state index is 9.06. The van der Waals surface area contributed by atoms with Crippen molar-refractivity contribution in [1.29, 1.82) is 0 Å². The second-order valence-electron chi connectivity index (χ2n) is 3.68. The summed E-state index contributed by atoms with van der Waals surface area (Å²) >= 11 is 0. The molecule has 0 bridgehead atoms. The Balaban J connectivity index is 0.000000184. The molecule has 0 aromatic heterocycles. The lowest BCUT2D eigenvalue weighted by molar-refractivity contribution is 0.0807. The highest BCUT2D eigenvalue weighted by atomic mass is 16.3. The summed E-state index contributed by atoms with van der Waals surface area (Å²) in [6.45, 7) is 0. The summed E-state index contributed by atoms with van der Waals surface area (Å²) in [5.74, 6) is 0. The van der Waals surface area contributed by atoms with Crippen LogP contribution in [0.15, 0.2) is 85.1 Å². The van der Waals surface area contributed by atoms with Gasteiger partial charge in [-0.3, -0.25) is 0 Å². The van der Waals surface area contributed by atoms with E-state index in [1.54, 1.807) is 36.5 Å². The SMILES string of the molecule is C1=C/C=C\C=C/C=C1.OC1\C=C/C=C\C=C/C1O. The maximum atomic E-state index is 9.06. The highest BCUT2D eigenvalue weighted by Crippen LogP contribution is 2.00. The predicted octanol–water partition coefficient (Wildman–Crippen LogP) is 2.62. The standard InChI is InChI=1S/C8H10O2.C8H8/c9-7-5-3-1-2-4-6-8(7)10;1-2-4-6-8-7-5-3-1/h1-10H;1-8H/b2-1-,5-3-,6-4-;2-1-,3-1?,4-2?,5-3-,6-4?,7-5?,8-6?,8-7?. The van der Waals surface area contributed by atoms with Crippen LogP contribution in [-0.4, -0.2) is 22.4 Å². The highest BCUT2D eigenvalue weighted by Gasteiger charge is 2.08. The van der Waals surface area contributed by atoms with E-state index in [4.69, 9.17) is 10.2 Å². The molecule has 2 atom stereocenters. The van der Waals surface area contributed by atoms with Gasteiger partial charge >= 0.3 is 0 Å². The normalized spacial score (nSPS) is 33.7. The largest absolute Gasteiger partial charge is 0.386 e. The molecule has 94 valence electrons. The quantitative estimate of drug-likeness (QED) is 0.685. The third kappa shape index (κ3) is 6.63. The Morgan fingerprint density at radius 3 is 0.889 bits per heavy atom. The summed E-state index contributed by atoms with van der Waals surface area (Å²) in [6, 6.07) is 0. The minimum atomic E-state index is -0.777. The van der Waals surface area contributed by atoms with E-state index in [0.29, 0.717) is 0 Å². The molecule has 2 heteroatoms. The number of rotatable bonds is 0. The molecular formula is C16H18O2. The molecule has 2 N–H and O–H groups in total. The Labute approximate surface area is 108 Å². The third-order valence-electron chi connectivity index (χ3n) is 2.19. The topological polar surface area (TPSA) is 40.5 Å². The molecule has 2 aliphatic carbocycles. The van der Waals surface area contributed by atoms with Crippen LogP contribution in [0, 0.1) is 0 Å². The molecule has 0 radical (unpaired) electrons. The number of allylic oxidation sites excluding steroid dienone is 12. The molecule has 0 aromatic carbocycles. The van der Waals surface area contributed by atoms with Gasteiger partial charge in [-0.25, -0.2) is 0 Å². The zero-order valence-corrected chi connectivity index (χ0v) is 10.1. The number of hydrogen-bond donors (Lipinski definition) is 2. The zero-order chi connectivity index (χ0) is 13.1. The van der Waals surface area contributed by atoms with Crippen LogP contribution in [0.1, 0.15) is 0 Å². The fourth-order valence-electron chi connectivity index (χ4n) is 1.23. The Morgan fingerprint density at radius 1 is 0.389 bits per heavy atom. The summed E-state index contributed by atoms with van der Waals surface area (Å²) in [4.78, 5) is 0. The molecule has 18 heavy (non-hydrogen) atoms. The molecule has 0 spiro atoms. The van der Waals surface area contributed by atoms with Gasteiger partial charge < -0.3 is 10.2 Å². The van der Waals surface area contributed by atoms with Gasteiger partial charge in [-0.05, 0) is 0 Å². The number of hydrogen-bond acceptors (Lipinski definition) is 2. The van der Waals surface area contributed by atoms with Gasteiger partial charge in [0.05, 0.1) is 0 Å². The van der Waals surface area contributed by atoms with E-state index in [-0.39, 0.29) is 0 Å². The van der Waals surface area contributed by atoms with Crippen LogP contribution in [0.4, 0.5) is 0 Å². The maximum Gasteiger partial charge on any atom is 0.102 e. The molecule has 0 saturated carbocycles. The molecule has 2 rings (SSSR count). The van der Waals surface area contributed by atoms with Crippen molar-refractivity contribution in [2.24, 2.45) is 0 Å². The van der Waals surface area contributed by atoms with Crippen molar-refractivity contribution in [2.45, 2.75) is 12.2 Å². The highest BCUT2D eigenvalue weighted by molar-refractivity contribution is 5.23. The van der Waals surface area contributed by atoms with Crippen molar-refractivity contribution in [3.8, 4) is 0 Å². The first-order chi connectivity index (χ1) is 8.80. The first kappa shape index (κ1) is 14.2. The molecular weight excluding hydrogens is 224 g/mol. The number of aliphatic hydroxyl groups excluding tert-OH is 2. The second kappa shape index (κ2) is 9.16. The van der Waals surface area contributed by atoms with Crippen LogP contribution in [0.2, 0.25) is 0 Å². The molecule has 2 aliphatic rings. The molecule has 0 aromatic rings. The van der Waals surface area contributed by atoms with Gasteiger partial charge in [0.25, 0.3) is 0 Å². The summed E-state index contributed by atoms with van der Waals surface area (Å²) in [5, 5.41) is 18.1. The van der Waals surface area contributed by atoms with Gasteiger partial charge in [-0.1, -0.05) is 85.1 Å². The van der Waals surface area contributed by atoms with E-state index >= 15 is 0 Å². The minimum absolute atomic E-state index is 0.777. The van der Waals surface area contributed by atoms with Gasteiger partial charge in [0.15, 0.2) is 0 Å². The second-order valence-corrected chi connectivity index (χ2v) is 3.68. The molecule has 0 fully saturated rings. The van der Waals surface area contributed by atoms with Crippen molar-refractivity contribution in [2.75, 3.05) is 0 Å². The predicted molar refractivity (Wildman–Crippen MR) is 76.0 cm³/mol. The minimum Gasteiger partial charge on any atom is -0.386 e. The van der Waals surface area contributed by atoms with E-state index < -0.39 is 12.2 Å². The molecule has 0 heterocycles. The average Bonchev–Trinajstić information content (AvgIpc) is 2.31. The van der Waals surface area contributed by atoms with Crippen molar-refractivity contribution < 1.29 is 10.2 Å². The smallest absolute Gasteiger partial charge is 0.102 e. The van der Waals surface area contributed by atoms with E-state index in [0.717, 1.165) is 0 Å². The Bertz CT molecular complexity index is 344. The summed E-state index contributed by atoms with van der Waals surface area (Å²) in [7, 11) is 0. The van der Waals surface area contributed by atoms with Crippen LogP contribution >= 0.6 is 0 Å². The summed E-state index contributed by atoms with van der Waals surface area (Å²) in [6.07, 6.45) is 24.5. The fraction of sp³-hybridized carbons (Fsp3) is 0.125. The van der Waals surface area contributed by atoms with Crippen LogP contribution in [0.25, 0.3) is 0 Å².